The van der Waals surface area contributed by atoms with E-state index in [-0.39, 0.29) is 17.6 Å². The van der Waals surface area contributed by atoms with Crippen LogP contribution in [-0.2, 0) is 6.18 Å². The van der Waals surface area contributed by atoms with E-state index in [1.165, 1.54) is 6.07 Å². The van der Waals surface area contributed by atoms with Crippen LogP contribution in [0.2, 0.25) is 0 Å². The summed E-state index contributed by atoms with van der Waals surface area (Å²) in [6.45, 7) is 6.12. The molecule has 3 aromatic rings. The van der Waals surface area contributed by atoms with Gasteiger partial charge in [-0.15, -0.1) is 0 Å². The van der Waals surface area contributed by atoms with Gasteiger partial charge in [-0.1, -0.05) is 26.0 Å². The molecule has 0 atom stereocenters. The lowest BCUT2D eigenvalue weighted by Gasteiger charge is -2.14. The van der Waals surface area contributed by atoms with Gasteiger partial charge in [0.2, 0.25) is 5.95 Å². The van der Waals surface area contributed by atoms with Crippen LogP contribution in [0.15, 0.2) is 48.7 Å². The average molecular weight is 461 g/mol. The molecule has 0 aliphatic heterocycles. The highest BCUT2D eigenvalue weighted by Crippen LogP contribution is 2.35. The highest BCUT2D eigenvalue weighted by Gasteiger charge is 2.32. The first-order chi connectivity index (χ1) is 15.5. The molecule has 0 bridgehead atoms. The van der Waals surface area contributed by atoms with Gasteiger partial charge in [0.05, 0.1) is 6.61 Å². The average Bonchev–Trinajstić information content (AvgIpc) is 2.71. The van der Waals surface area contributed by atoms with Crippen molar-refractivity contribution in [1.82, 2.24) is 9.97 Å². The molecule has 0 amide bonds. The number of carboxylic acid groups (broad SMARTS) is 1. The Morgan fingerprint density at radius 2 is 1.85 bits per heavy atom. The Morgan fingerprint density at radius 1 is 1.09 bits per heavy atom. The summed E-state index contributed by atoms with van der Waals surface area (Å²) in [4.78, 5) is 18.5. The zero-order valence-electron chi connectivity index (χ0n) is 18.1. The van der Waals surface area contributed by atoms with Crippen LogP contribution < -0.4 is 14.8 Å². The normalized spacial score (nSPS) is 11.4. The van der Waals surface area contributed by atoms with Crippen LogP contribution in [0.25, 0.3) is 11.1 Å². The van der Waals surface area contributed by atoms with Gasteiger partial charge in [0, 0.05) is 11.9 Å². The highest BCUT2D eigenvalue weighted by molar-refractivity contribution is 5.74. The Labute approximate surface area is 188 Å². The second kappa shape index (κ2) is 9.76. The van der Waals surface area contributed by atoms with Crippen molar-refractivity contribution in [1.29, 1.82) is 0 Å². The maximum absolute atomic E-state index is 12.9. The van der Waals surface area contributed by atoms with Crippen molar-refractivity contribution in [2.24, 2.45) is 5.92 Å². The first-order valence-corrected chi connectivity index (χ1v) is 9.98. The van der Waals surface area contributed by atoms with Crippen LogP contribution in [0.1, 0.15) is 25.1 Å². The lowest BCUT2D eigenvalue weighted by atomic mass is 10.0. The van der Waals surface area contributed by atoms with E-state index < -0.39 is 18.0 Å². The van der Waals surface area contributed by atoms with Gasteiger partial charge in [-0.3, -0.25) is 0 Å². The third-order valence-corrected chi connectivity index (χ3v) is 4.33. The third kappa shape index (κ3) is 6.58. The van der Waals surface area contributed by atoms with Crippen LogP contribution >= 0.6 is 0 Å². The monoisotopic (exact) mass is 461 g/mol. The quantitative estimate of drug-likeness (QED) is 0.315. The molecule has 0 fully saturated rings. The van der Waals surface area contributed by atoms with E-state index in [0.717, 1.165) is 17.8 Å². The number of nitrogens with one attached hydrogen (secondary N) is 1. The molecular formula is C23H22F3N3O4. The summed E-state index contributed by atoms with van der Waals surface area (Å²) in [5.41, 5.74) is 1.52. The number of halogens is 3. The van der Waals surface area contributed by atoms with Gasteiger partial charge in [-0.05, 0) is 59.9 Å². The van der Waals surface area contributed by atoms with Crippen LogP contribution in [0, 0.1) is 12.8 Å². The first kappa shape index (κ1) is 23.8. The van der Waals surface area contributed by atoms with Crippen molar-refractivity contribution < 1.29 is 32.5 Å². The minimum absolute atomic E-state index is 0.0397. The molecule has 0 radical (unpaired) electrons. The van der Waals surface area contributed by atoms with Crippen LogP contribution in [-0.4, -0.2) is 27.8 Å². The van der Waals surface area contributed by atoms with E-state index in [0.29, 0.717) is 29.2 Å². The number of nitrogens with zero attached hydrogens (tertiary/aromatic N) is 2. The van der Waals surface area contributed by atoms with Crippen LogP contribution in [0.4, 0.5) is 29.6 Å². The van der Waals surface area contributed by atoms with Crippen molar-refractivity contribution in [2.45, 2.75) is 26.9 Å². The number of carbonyl (C=O) groups is 1. The molecule has 0 unspecified atom stereocenters. The van der Waals surface area contributed by atoms with Gasteiger partial charge in [0.1, 0.15) is 5.69 Å². The predicted octanol–water partition coefficient (Wildman–Crippen LogP) is 6.31. The summed E-state index contributed by atoms with van der Waals surface area (Å²) in [6.07, 6.45) is -5.04. The van der Waals surface area contributed by atoms with Crippen LogP contribution in [0.3, 0.4) is 0 Å². The molecule has 0 saturated carbocycles. The molecule has 0 saturated heterocycles. The van der Waals surface area contributed by atoms with E-state index in [2.05, 4.69) is 15.3 Å². The smallest absolute Gasteiger partial charge is 0.489 e. The molecule has 7 nitrogen and oxygen atoms in total. The number of aryl methyl sites for hydroxylation is 1. The van der Waals surface area contributed by atoms with E-state index in [9.17, 15) is 18.0 Å². The molecule has 0 aliphatic carbocycles. The Hall–Kier alpha value is -3.82. The Kier molecular flexibility index (Phi) is 7.05. The third-order valence-electron chi connectivity index (χ3n) is 4.33. The topological polar surface area (TPSA) is 93.6 Å². The number of rotatable bonds is 7. The summed E-state index contributed by atoms with van der Waals surface area (Å²) in [5, 5.41) is 11.9. The molecular weight excluding hydrogens is 439 g/mol. The summed E-state index contributed by atoms with van der Waals surface area (Å²) in [7, 11) is 0. The van der Waals surface area contributed by atoms with Gasteiger partial charge < -0.3 is 19.9 Å². The number of aromatic nitrogens is 2. The minimum Gasteiger partial charge on any atom is -0.489 e. The van der Waals surface area contributed by atoms with E-state index >= 15 is 0 Å². The molecule has 1 aromatic heterocycles. The molecule has 10 heteroatoms. The predicted molar refractivity (Wildman–Crippen MR) is 116 cm³/mol. The number of ether oxygens (including phenoxy) is 2. The molecule has 1 heterocycles. The fourth-order valence-electron chi connectivity index (χ4n) is 2.96. The zero-order chi connectivity index (χ0) is 24.2. The maximum atomic E-state index is 12.9. The first-order valence-electron chi connectivity index (χ1n) is 9.98. The van der Waals surface area contributed by atoms with Crippen molar-refractivity contribution >= 4 is 17.8 Å². The maximum Gasteiger partial charge on any atom is 0.511 e. The van der Waals surface area contributed by atoms with E-state index in [1.54, 1.807) is 24.3 Å². The molecule has 0 aliphatic rings. The van der Waals surface area contributed by atoms with Crippen molar-refractivity contribution in [3.63, 3.8) is 0 Å². The van der Waals surface area contributed by atoms with Crippen molar-refractivity contribution in [3.05, 3.63) is 59.9 Å². The van der Waals surface area contributed by atoms with Gasteiger partial charge in [0.15, 0.2) is 11.5 Å². The summed E-state index contributed by atoms with van der Waals surface area (Å²) >= 11 is 0. The molecule has 3 rings (SSSR count). The fraction of sp³-hybridized carbons (Fsp3) is 0.261. The van der Waals surface area contributed by atoms with Gasteiger partial charge in [-0.2, -0.15) is 13.2 Å². The number of alkyl halides is 3. The zero-order valence-corrected chi connectivity index (χ0v) is 18.1. The number of anilines is 2. The van der Waals surface area contributed by atoms with Crippen LogP contribution in [0.5, 0.6) is 11.5 Å². The second-order valence-electron chi connectivity index (χ2n) is 7.71. The van der Waals surface area contributed by atoms with Crippen molar-refractivity contribution in [2.75, 3.05) is 11.9 Å². The second-order valence-corrected chi connectivity index (χ2v) is 7.71. The van der Waals surface area contributed by atoms with E-state index in [4.69, 9.17) is 14.6 Å². The summed E-state index contributed by atoms with van der Waals surface area (Å²) in [6, 6.07) is 10.9. The summed E-state index contributed by atoms with van der Waals surface area (Å²) < 4.78 is 49.3. The molecule has 2 aromatic carbocycles. The lowest BCUT2D eigenvalue weighted by molar-refractivity contribution is -0.141. The Morgan fingerprint density at radius 3 is 2.52 bits per heavy atom. The number of hydrogen-bond donors (Lipinski definition) is 2. The Bertz CT molecular complexity index is 1150. The molecule has 174 valence electrons. The SMILES string of the molecule is Cc1cc(Nc2nccc(C(F)(F)F)n2)cc(-c2ccc(OCC(C)C)c(OC(=O)O)c2)c1. The van der Waals surface area contributed by atoms with Gasteiger partial charge >= 0.3 is 12.3 Å². The summed E-state index contributed by atoms with van der Waals surface area (Å²) in [5.74, 6) is 0.357. The largest absolute Gasteiger partial charge is 0.511 e. The standard InChI is InChI=1S/C23H22F3N3O4/c1-13(2)12-32-18-5-4-15(11-19(18)33-22(30)31)16-8-14(3)9-17(10-16)28-21-27-7-6-20(29-21)23(24,25)26/h4-11,13H,12H2,1-3H3,(H,30,31)(H,27,28,29). The number of hydrogen-bond acceptors (Lipinski definition) is 6. The van der Waals surface area contributed by atoms with Gasteiger partial charge in [0.25, 0.3) is 0 Å². The van der Waals surface area contributed by atoms with Gasteiger partial charge in [-0.25, -0.2) is 14.8 Å². The molecule has 0 spiro atoms. The number of benzene rings is 2. The fourth-order valence-corrected chi connectivity index (χ4v) is 2.96. The van der Waals surface area contributed by atoms with E-state index in [1.807, 2.05) is 26.8 Å². The Balaban J connectivity index is 1.93. The van der Waals surface area contributed by atoms with Crippen molar-refractivity contribution in [3.8, 4) is 22.6 Å². The lowest BCUT2D eigenvalue weighted by Crippen LogP contribution is -2.10. The molecule has 2 N–H and O–H groups in total. The highest BCUT2D eigenvalue weighted by atomic mass is 19.4. The molecule has 33 heavy (non-hydrogen) atoms. The minimum atomic E-state index is -4.59.